The van der Waals surface area contributed by atoms with Crippen LogP contribution in [0.2, 0.25) is 0 Å². The Bertz CT molecular complexity index is 612. The summed E-state index contributed by atoms with van der Waals surface area (Å²) in [5, 5.41) is 13.3. The van der Waals surface area contributed by atoms with Crippen LogP contribution in [0.3, 0.4) is 0 Å². The number of hydrogen-bond acceptors (Lipinski definition) is 4. The molecule has 0 aliphatic heterocycles. The van der Waals surface area contributed by atoms with E-state index in [0.29, 0.717) is 5.56 Å². The molecule has 0 fully saturated rings. The Morgan fingerprint density at radius 1 is 1.17 bits per heavy atom. The van der Waals surface area contributed by atoms with Crippen molar-refractivity contribution in [3.63, 3.8) is 0 Å². The Morgan fingerprint density at radius 2 is 1.78 bits per heavy atom. The summed E-state index contributed by atoms with van der Waals surface area (Å²) in [6, 6.07) is 6.47. The highest BCUT2D eigenvalue weighted by atomic mass is 32.1. The molecule has 0 radical (unpaired) electrons. The van der Waals surface area contributed by atoms with Crippen LogP contribution in [0.4, 0.5) is 10.7 Å². The van der Waals surface area contributed by atoms with E-state index in [1.54, 1.807) is 0 Å². The zero-order chi connectivity index (χ0) is 13.3. The minimum absolute atomic E-state index is 0.638. The third-order valence-electron chi connectivity index (χ3n) is 2.89. The maximum atomic E-state index is 9.13. The molecule has 0 saturated heterocycles. The topological polar surface area (TPSA) is 48.7 Å². The fourth-order valence-corrected chi connectivity index (χ4v) is 2.83. The van der Waals surface area contributed by atoms with Crippen molar-refractivity contribution < 1.29 is 0 Å². The van der Waals surface area contributed by atoms with E-state index < -0.39 is 0 Å². The smallest absolute Gasteiger partial charge is 0.132 e. The van der Waals surface area contributed by atoms with Crippen LogP contribution in [0.1, 0.15) is 27.9 Å². The lowest BCUT2D eigenvalue weighted by Crippen LogP contribution is -1.97. The number of nitrogens with one attached hydrogen (secondary N) is 1. The monoisotopic (exact) mass is 257 g/mol. The lowest BCUT2D eigenvalue weighted by Gasteiger charge is -2.12. The van der Waals surface area contributed by atoms with Crippen molar-refractivity contribution in [3.05, 3.63) is 40.1 Å². The minimum atomic E-state index is 0.638. The minimum Gasteiger partial charge on any atom is -0.344 e. The number of anilines is 2. The number of rotatable bonds is 2. The molecule has 1 aromatic carbocycles. The number of aromatic nitrogens is 1. The van der Waals surface area contributed by atoms with Crippen LogP contribution < -0.4 is 5.32 Å². The van der Waals surface area contributed by atoms with Gasteiger partial charge in [-0.1, -0.05) is 17.7 Å². The van der Waals surface area contributed by atoms with Gasteiger partial charge in [0, 0.05) is 5.69 Å². The van der Waals surface area contributed by atoms with Crippen molar-refractivity contribution in [1.82, 2.24) is 4.37 Å². The lowest BCUT2D eigenvalue weighted by molar-refractivity contribution is 1.30. The average Bonchev–Trinajstić information content (AvgIpc) is 2.64. The largest absolute Gasteiger partial charge is 0.344 e. The Balaban J connectivity index is 2.44. The summed E-state index contributed by atoms with van der Waals surface area (Å²) in [6.07, 6.45) is 0. The first-order valence-corrected chi connectivity index (χ1v) is 6.51. The van der Waals surface area contributed by atoms with Gasteiger partial charge >= 0.3 is 0 Å². The maximum Gasteiger partial charge on any atom is 0.132 e. The van der Waals surface area contributed by atoms with Gasteiger partial charge < -0.3 is 5.32 Å². The third kappa shape index (κ3) is 2.22. The summed E-state index contributed by atoms with van der Waals surface area (Å²) >= 11 is 1.33. The van der Waals surface area contributed by atoms with Crippen molar-refractivity contribution in [2.24, 2.45) is 0 Å². The Morgan fingerprint density at radius 3 is 2.33 bits per heavy atom. The molecule has 0 atom stereocenters. The molecule has 0 spiro atoms. The third-order valence-corrected chi connectivity index (χ3v) is 3.74. The van der Waals surface area contributed by atoms with Crippen LogP contribution in [0, 0.1) is 39.0 Å². The van der Waals surface area contributed by atoms with E-state index in [2.05, 4.69) is 48.7 Å². The van der Waals surface area contributed by atoms with Crippen LogP contribution in [-0.4, -0.2) is 4.37 Å². The van der Waals surface area contributed by atoms with Crippen molar-refractivity contribution in [2.45, 2.75) is 27.7 Å². The lowest BCUT2D eigenvalue weighted by atomic mass is 10.1. The van der Waals surface area contributed by atoms with Crippen LogP contribution in [0.25, 0.3) is 0 Å². The maximum absolute atomic E-state index is 9.13. The molecule has 3 nitrogen and oxygen atoms in total. The number of benzene rings is 1. The summed E-state index contributed by atoms with van der Waals surface area (Å²) in [4.78, 5) is 0. The summed E-state index contributed by atoms with van der Waals surface area (Å²) in [5.41, 5.74) is 6.11. The number of nitrogens with zero attached hydrogens (tertiary/aromatic N) is 2. The van der Waals surface area contributed by atoms with Crippen LogP contribution in [0.5, 0.6) is 0 Å². The molecule has 92 valence electrons. The normalized spacial score (nSPS) is 10.2. The number of nitriles is 1. The second-order valence-electron chi connectivity index (χ2n) is 4.48. The zero-order valence-electron chi connectivity index (χ0n) is 11.0. The van der Waals surface area contributed by atoms with Crippen LogP contribution in [-0.2, 0) is 0 Å². The van der Waals surface area contributed by atoms with E-state index in [1.165, 1.54) is 28.2 Å². The van der Waals surface area contributed by atoms with Gasteiger partial charge in [-0.2, -0.15) is 9.64 Å². The highest BCUT2D eigenvalue weighted by molar-refractivity contribution is 7.10. The van der Waals surface area contributed by atoms with E-state index in [0.717, 1.165) is 16.4 Å². The van der Waals surface area contributed by atoms with E-state index in [4.69, 9.17) is 5.26 Å². The van der Waals surface area contributed by atoms with Crippen LogP contribution >= 0.6 is 11.5 Å². The molecule has 0 unspecified atom stereocenters. The molecule has 0 aliphatic carbocycles. The van der Waals surface area contributed by atoms with Gasteiger partial charge in [0.05, 0.1) is 5.69 Å². The van der Waals surface area contributed by atoms with E-state index in [-0.39, 0.29) is 0 Å². The fraction of sp³-hybridized carbons (Fsp3) is 0.286. The first-order chi connectivity index (χ1) is 8.52. The van der Waals surface area contributed by atoms with Gasteiger partial charge in [-0.25, -0.2) is 0 Å². The number of aryl methyl sites for hydroxylation is 4. The highest BCUT2D eigenvalue weighted by Crippen LogP contribution is 2.31. The van der Waals surface area contributed by atoms with E-state index in [9.17, 15) is 0 Å². The molecule has 2 aromatic rings. The number of hydrogen-bond donors (Lipinski definition) is 1. The van der Waals surface area contributed by atoms with Crippen molar-refractivity contribution >= 4 is 22.2 Å². The molecule has 18 heavy (non-hydrogen) atoms. The van der Waals surface area contributed by atoms with Crippen molar-refractivity contribution in [1.29, 1.82) is 5.26 Å². The summed E-state index contributed by atoms with van der Waals surface area (Å²) in [6.45, 7) is 8.08. The van der Waals surface area contributed by atoms with E-state index >= 15 is 0 Å². The van der Waals surface area contributed by atoms with Gasteiger partial charge in [-0.05, 0) is 50.4 Å². The summed E-state index contributed by atoms with van der Waals surface area (Å²) < 4.78 is 4.22. The molecular formula is C14H15N3S. The van der Waals surface area contributed by atoms with Gasteiger partial charge in [0.25, 0.3) is 0 Å². The molecule has 0 amide bonds. The van der Waals surface area contributed by atoms with E-state index in [1.807, 2.05) is 6.92 Å². The first kappa shape index (κ1) is 12.6. The molecule has 1 heterocycles. The van der Waals surface area contributed by atoms with Gasteiger partial charge in [0.15, 0.2) is 0 Å². The van der Waals surface area contributed by atoms with Gasteiger partial charge in [0.2, 0.25) is 0 Å². The quantitative estimate of drug-likeness (QED) is 0.884. The highest BCUT2D eigenvalue weighted by Gasteiger charge is 2.12. The SMILES string of the molecule is Cc1cc(C)c(Nc2snc(C)c2C#N)c(C)c1. The van der Waals surface area contributed by atoms with Crippen LogP contribution in [0.15, 0.2) is 12.1 Å². The Labute approximate surface area is 111 Å². The summed E-state index contributed by atoms with van der Waals surface area (Å²) in [5.74, 6) is 0. The molecule has 4 heteroatoms. The van der Waals surface area contributed by atoms with Gasteiger partial charge in [0.1, 0.15) is 16.6 Å². The Hall–Kier alpha value is -1.86. The van der Waals surface area contributed by atoms with Gasteiger partial charge in [-0.15, -0.1) is 0 Å². The fourth-order valence-electron chi connectivity index (χ4n) is 2.08. The average molecular weight is 257 g/mol. The molecule has 0 bridgehead atoms. The van der Waals surface area contributed by atoms with Crippen molar-refractivity contribution in [3.8, 4) is 6.07 Å². The second kappa shape index (κ2) is 4.79. The second-order valence-corrected chi connectivity index (χ2v) is 5.26. The first-order valence-electron chi connectivity index (χ1n) is 5.74. The molecular weight excluding hydrogens is 242 g/mol. The van der Waals surface area contributed by atoms with Crippen molar-refractivity contribution in [2.75, 3.05) is 5.32 Å². The standard InChI is InChI=1S/C14H15N3S/c1-8-5-9(2)13(10(3)6-8)16-14-12(7-15)11(4)17-18-14/h5-6,16H,1-4H3. The predicted octanol–water partition coefficient (Wildman–Crippen LogP) is 3.99. The molecule has 2 rings (SSSR count). The Kier molecular flexibility index (Phi) is 3.35. The van der Waals surface area contributed by atoms with Gasteiger partial charge in [-0.3, -0.25) is 0 Å². The summed E-state index contributed by atoms with van der Waals surface area (Å²) in [7, 11) is 0. The molecule has 1 N–H and O–H groups in total. The zero-order valence-corrected chi connectivity index (χ0v) is 11.8. The predicted molar refractivity (Wildman–Crippen MR) is 75.5 cm³/mol. The molecule has 0 saturated carbocycles. The molecule has 0 aliphatic rings. The molecule has 1 aromatic heterocycles.